The van der Waals surface area contributed by atoms with Gasteiger partial charge in [-0.15, -0.1) is 0 Å². The SMILES string of the molecule is COc1cc(C(=O)Nc2ccncc2)ccc1N. The number of carbonyl (C=O) groups is 1. The fourth-order valence-electron chi connectivity index (χ4n) is 1.49. The first-order valence-corrected chi connectivity index (χ1v) is 5.35. The molecule has 2 aromatic rings. The lowest BCUT2D eigenvalue weighted by molar-refractivity contribution is 0.102. The molecule has 0 aliphatic carbocycles. The third kappa shape index (κ3) is 2.57. The number of nitrogens with one attached hydrogen (secondary N) is 1. The minimum absolute atomic E-state index is 0.223. The number of hydrogen-bond acceptors (Lipinski definition) is 4. The van der Waals surface area contributed by atoms with Crippen LogP contribution in [0.1, 0.15) is 10.4 Å². The molecule has 2 rings (SSSR count). The number of nitrogens with two attached hydrogens (primary N) is 1. The van der Waals surface area contributed by atoms with E-state index in [2.05, 4.69) is 10.3 Å². The summed E-state index contributed by atoms with van der Waals surface area (Å²) in [5.74, 6) is 0.261. The fraction of sp³-hybridized carbons (Fsp3) is 0.0769. The number of hydrogen-bond donors (Lipinski definition) is 2. The highest BCUT2D eigenvalue weighted by atomic mass is 16.5. The number of methoxy groups -OCH3 is 1. The number of benzene rings is 1. The van der Waals surface area contributed by atoms with Crippen molar-refractivity contribution in [1.29, 1.82) is 0 Å². The summed E-state index contributed by atoms with van der Waals surface area (Å²) in [4.78, 5) is 15.8. The highest BCUT2D eigenvalue weighted by molar-refractivity contribution is 6.04. The number of pyridine rings is 1. The van der Waals surface area contributed by atoms with Crippen LogP contribution in [0.25, 0.3) is 0 Å². The second kappa shape index (κ2) is 5.18. The zero-order chi connectivity index (χ0) is 13.0. The maximum Gasteiger partial charge on any atom is 0.255 e. The van der Waals surface area contributed by atoms with Gasteiger partial charge in [0.15, 0.2) is 0 Å². The molecule has 0 radical (unpaired) electrons. The van der Waals surface area contributed by atoms with E-state index in [9.17, 15) is 4.79 Å². The molecule has 0 aliphatic rings. The largest absolute Gasteiger partial charge is 0.495 e. The molecule has 0 atom stereocenters. The first-order chi connectivity index (χ1) is 8.70. The van der Waals surface area contributed by atoms with Gasteiger partial charge in [0, 0.05) is 23.6 Å². The smallest absolute Gasteiger partial charge is 0.255 e. The number of aromatic nitrogens is 1. The monoisotopic (exact) mass is 243 g/mol. The number of anilines is 2. The van der Waals surface area contributed by atoms with Crippen molar-refractivity contribution in [2.45, 2.75) is 0 Å². The second-order valence-corrected chi connectivity index (χ2v) is 3.65. The average molecular weight is 243 g/mol. The van der Waals surface area contributed by atoms with Gasteiger partial charge in [0.1, 0.15) is 5.75 Å². The lowest BCUT2D eigenvalue weighted by atomic mass is 10.1. The molecule has 5 nitrogen and oxygen atoms in total. The molecular weight excluding hydrogens is 230 g/mol. The first kappa shape index (κ1) is 11.9. The van der Waals surface area contributed by atoms with E-state index in [-0.39, 0.29) is 5.91 Å². The summed E-state index contributed by atoms with van der Waals surface area (Å²) < 4.78 is 5.07. The van der Waals surface area contributed by atoms with E-state index in [1.165, 1.54) is 7.11 Å². The lowest BCUT2D eigenvalue weighted by Gasteiger charge is -2.08. The Morgan fingerprint density at radius 3 is 2.67 bits per heavy atom. The van der Waals surface area contributed by atoms with Gasteiger partial charge in [0.25, 0.3) is 5.91 Å². The third-order valence-electron chi connectivity index (χ3n) is 2.43. The number of ether oxygens (including phenoxy) is 1. The fourth-order valence-corrected chi connectivity index (χ4v) is 1.49. The van der Waals surface area contributed by atoms with Crippen molar-refractivity contribution in [3.8, 4) is 5.75 Å². The number of amides is 1. The Bertz CT molecular complexity index is 555. The van der Waals surface area contributed by atoms with Crippen LogP contribution in [0, 0.1) is 0 Å². The number of rotatable bonds is 3. The quantitative estimate of drug-likeness (QED) is 0.807. The molecule has 1 aromatic heterocycles. The van der Waals surface area contributed by atoms with E-state index in [4.69, 9.17) is 10.5 Å². The highest BCUT2D eigenvalue weighted by Gasteiger charge is 2.08. The van der Waals surface area contributed by atoms with Gasteiger partial charge >= 0.3 is 0 Å². The van der Waals surface area contributed by atoms with E-state index in [0.717, 1.165) is 0 Å². The summed E-state index contributed by atoms with van der Waals surface area (Å²) in [5, 5.41) is 2.75. The zero-order valence-corrected chi connectivity index (χ0v) is 9.88. The van der Waals surface area contributed by atoms with Gasteiger partial charge in [0.05, 0.1) is 12.8 Å². The van der Waals surface area contributed by atoms with Crippen LogP contribution in [0.15, 0.2) is 42.7 Å². The van der Waals surface area contributed by atoms with Crippen LogP contribution in [-0.4, -0.2) is 18.0 Å². The maximum atomic E-state index is 12.0. The summed E-state index contributed by atoms with van der Waals surface area (Å²) in [6, 6.07) is 8.32. The summed E-state index contributed by atoms with van der Waals surface area (Å²) >= 11 is 0. The summed E-state index contributed by atoms with van der Waals surface area (Å²) in [6.07, 6.45) is 3.22. The van der Waals surface area contributed by atoms with Crippen molar-refractivity contribution in [3.63, 3.8) is 0 Å². The van der Waals surface area contributed by atoms with Crippen LogP contribution in [0.4, 0.5) is 11.4 Å². The Morgan fingerprint density at radius 1 is 1.28 bits per heavy atom. The van der Waals surface area contributed by atoms with Crippen LogP contribution in [-0.2, 0) is 0 Å². The van der Waals surface area contributed by atoms with E-state index in [1.807, 2.05) is 0 Å². The molecule has 0 saturated heterocycles. The molecule has 0 bridgehead atoms. The Morgan fingerprint density at radius 2 is 2.00 bits per heavy atom. The van der Waals surface area contributed by atoms with Gasteiger partial charge in [-0.1, -0.05) is 0 Å². The van der Waals surface area contributed by atoms with Crippen molar-refractivity contribution in [2.75, 3.05) is 18.2 Å². The van der Waals surface area contributed by atoms with Gasteiger partial charge in [-0.2, -0.15) is 0 Å². The molecule has 0 aliphatic heterocycles. The van der Waals surface area contributed by atoms with Crippen LogP contribution >= 0.6 is 0 Å². The molecule has 1 aromatic carbocycles. The molecule has 5 heteroatoms. The standard InChI is InChI=1S/C13H13N3O2/c1-18-12-8-9(2-3-11(12)14)13(17)16-10-4-6-15-7-5-10/h2-8H,14H2,1H3,(H,15,16,17). The molecule has 1 heterocycles. The van der Waals surface area contributed by atoms with Crippen LogP contribution < -0.4 is 15.8 Å². The summed E-state index contributed by atoms with van der Waals surface area (Å²) in [7, 11) is 1.51. The Kier molecular flexibility index (Phi) is 3.43. The molecule has 0 unspecified atom stereocenters. The normalized spacial score (nSPS) is 9.83. The number of nitrogens with zero attached hydrogens (tertiary/aromatic N) is 1. The van der Waals surface area contributed by atoms with Crippen LogP contribution in [0.5, 0.6) is 5.75 Å². The van der Waals surface area contributed by atoms with Crippen LogP contribution in [0.3, 0.4) is 0 Å². The Labute approximate surface area is 105 Å². The molecule has 0 fully saturated rings. The highest BCUT2D eigenvalue weighted by Crippen LogP contribution is 2.22. The first-order valence-electron chi connectivity index (χ1n) is 5.35. The molecule has 0 spiro atoms. The van der Waals surface area contributed by atoms with E-state index < -0.39 is 0 Å². The zero-order valence-electron chi connectivity index (χ0n) is 9.88. The van der Waals surface area contributed by atoms with Gasteiger partial charge < -0.3 is 15.8 Å². The van der Waals surface area contributed by atoms with Gasteiger partial charge in [0.2, 0.25) is 0 Å². The average Bonchev–Trinajstić information content (AvgIpc) is 2.40. The van der Waals surface area contributed by atoms with Crippen LogP contribution in [0.2, 0.25) is 0 Å². The Hall–Kier alpha value is -2.56. The van der Waals surface area contributed by atoms with Gasteiger partial charge in [-0.25, -0.2) is 0 Å². The Balaban J connectivity index is 2.19. The van der Waals surface area contributed by atoms with Crippen molar-refractivity contribution >= 4 is 17.3 Å². The van der Waals surface area contributed by atoms with Crippen molar-refractivity contribution in [3.05, 3.63) is 48.3 Å². The molecule has 1 amide bonds. The molecule has 92 valence electrons. The molecule has 3 N–H and O–H groups in total. The van der Waals surface area contributed by atoms with Gasteiger partial charge in [-0.3, -0.25) is 9.78 Å². The number of nitrogen functional groups attached to an aromatic ring is 1. The van der Waals surface area contributed by atoms with Crippen molar-refractivity contribution in [2.24, 2.45) is 0 Å². The minimum Gasteiger partial charge on any atom is -0.495 e. The van der Waals surface area contributed by atoms with E-state index >= 15 is 0 Å². The topological polar surface area (TPSA) is 77.2 Å². The summed E-state index contributed by atoms with van der Waals surface area (Å²) in [6.45, 7) is 0. The van der Waals surface area contributed by atoms with Crippen molar-refractivity contribution < 1.29 is 9.53 Å². The van der Waals surface area contributed by atoms with Gasteiger partial charge in [-0.05, 0) is 30.3 Å². The lowest BCUT2D eigenvalue weighted by Crippen LogP contribution is -2.12. The third-order valence-corrected chi connectivity index (χ3v) is 2.43. The molecule has 0 saturated carbocycles. The molecule has 18 heavy (non-hydrogen) atoms. The van der Waals surface area contributed by atoms with E-state index in [1.54, 1.807) is 42.7 Å². The predicted octanol–water partition coefficient (Wildman–Crippen LogP) is 1.92. The number of carbonyl (C=O) groups excluding carboxylic acids is 1. The van der Waals surface area contributed by atoms with E-state index in [0.29, 0.717) is 22.7 Å². The molecular formula is C13H13N3O2. The maximum absolute atomic E-state index is 12.0. The van der Waals surface area contributed by atoms with Crippen molar-refractivity contribution in [1.82, 2.24) is 4.98 Å². The minimum atomic E-state index is -0.223. The summed E-state index contributed by atoms with van der Waals surface area (Å²) in [5.41, 5.74) is 7.36. The predicted molar refractivity (Wildman–Crippen MR) is 69.6 cm³/mol. The second-order valence-electron chi connectivity index (χ2n) is 3.65.